The largest absolute Gasteiger partial charge is 0.313 e. The molecule has 1 aliphatic carbocycles. The molecule has 3 atom stereocenters. The maximum absolute atomic E-state index is 3.84. The molecule has 1 nitrogen and oxygen atoms in total. The van der Waals surface area contributed by atoms with Crippen molar-refractivity contribution < 1.29 is 0 Å². The summed E-state index contributed by atoms with van der Waals surface area (Å²) in [6.07, 6.45) is 9.24. The molecule has 3 unspecified atom stereocenters. The van der Waals surface area contributed by atoms with Gasteiger partial charge in [-0.2, -0.15) is 0 Å². The third-order valence-electron chi connectivity index (χ3n) is 5.09. The van der Waals surface area contributed by atoms with Gasteiger partial charge in [0, 0.05) is 6.04 Å². The zero-order valence-corrected chi connectivity index (χ0v) is 14.2. The zero-order valence-electron chi connectivity index (χ0n) is 14.2. The second-order valence-corrected chi connectivity index (χ2v) is 6.97. The van der Waals surface area contributed by atoms with Crippen LogP contribution in [0.15, 0.2) is 24.3 Å². The van der Waals surface area contributed by atoms with Gasteiger partial charge in [-0.15, -0.1) is 0 Å². The Bertz CT molecular complexity index is 395. The van der Waals surface area contributed by atoms with E-state index >= 15 is 0 Å². The minimum atomic E-state index is 0.667. The normalized spacial score (nSPS) is 24.0. The number of hydrogen-bond acceptors (Lipinski definition) is 1. The maximum Gasteiger partial charge on any atom is 0.0136 e. The average molecular weight is 287 g/mol. The number of aryl methyl sites for hydroxylation is 1. The first-order valence-corrected chi connectivity index (χ1v) is 9.04. The lowest BCUT2D eigenvalue weighted by atomic mass is 9.77. The Kier molecular flexibility index (Phi) is 6.76. The van der Waals surface area contributed by atoms with Gasteiger partial charge < -0.3 is 5.32 Å². The van der Waals surface area contributed by atoms with Crippen molar-refractivity contribution in [1.29, 1.82) is 0 Å². The van der Waals surface area contributed by atoms with E-state index in [1.54, 1.807) is 0 Å². The van der Waals surface area contributed by atoms with E-state index in [1.807, 2.05) is 0 Å². The summed E-state index contributed by atoms with van der Waals surface area (Å²) in [5.74, 6) is 1.78. The lowest BCUT2D eigenvalue weighted by molar-refractivity contribution is 0.221. The van der Waals surface area contributed by atoms with Crippen molar-refractivity contribution in [2.45, 2.75) is 71.8 Å². The molecule has 1 fully saturated rings. The molecule has 2 rings (SSSR count). The summed E-state index contributed by atoms with van der Waals surface area (Å²) in [6, 6.07) is 9.95. The van der Waals surface area contributed by atoms with Gasteiger partial charge in [-0.05, 0) is 61.6 Å². The molecule has 1 N–H and O–H groups in total. The summed E-state index contributed by atoms with van der Waals surface area (Å²) in [7, 11) is 0. The SMILES string of the molecule is CCCNC(Cc1ccc(CC)cc1)C1CCCC(C)C1. The molecular weight excluding hydrogens is 254 g/mol. The molecule has 1 aromatic rings. The van der Waals surface area contributed by atoms with Crippen molar-refractivity contribution in [3.8, 4) is 0 Å². The maximum atomic E-state index is 3.84. The molecule has 118 valence electrons. The van der Waals surface area contributed by atoms with Crippen molar-refractivity contribution in [1.82, 2.24) is 5.32 Å². The zero-order chi connectivity index (χ0) is 15.1. The molecule has 1 heteroatoms. The van der Waals surface area contributed by atoms with E-state index in [2.05, 4.69) is 50.4 Å². The summed E-state index contributed by atoms with van der Waals surface area (Å²) in [5.41, 5.74) is 2.95. The van der Waals surface area contributed by atoms with Gasteiger partial charge in [0.1, 0.15) is 0 Å². The number of hydrogen-bond donors (Lipinski definition) is 1. The van der Waals surface area contributed by atoms with Gasteiger partial charge in [0.05, 0.1) is 0 Å². The molecular formula is C20H33N. The standard InChI is InChI=1S/C20H33N/c1-4-13-21-20(19-8-6-7-16(3)14-19)15-18-11-9-17(5-2)10-12-18/h9-12,16,19-21H,4-8,13-15H2,1-3H3. The van der Waals surface area contributed by atoms with Crippen LogP contribution in [-0.4, -0.2) is 12.6 Å². The van der Waals surface area contributed by atoms with Crippen molar-refractivity contribution in [2.75, 3.05) is 6.54 Å². The summed E-state index contributed by atoms with van der Waals surface area (Å²) in [4.78, 5) is 0. The van der Waals surface area contributed by atoms with Crippen LogP contribution < -0.4 is 5.32 Å². The minimum Gasteiger partial charge on any atom is -0.313 e. The molecule has 21 heavy (non-hydrogen) atoms. The highest BCUT2D eigenvalue weighted by Crippen LogP contribution is 2.32. The van der Waals surface area contributed by atoms with Crippen LogP contribution in [0.2, 0.25) is 0 Å². The highest BCUT2D eigenvalue weighted by atomic mass is 14.9. The van der Waals surface area contributed by atoms with Crippen molar-refractivity contribution >= 4 is 0 Å². The minimum absolute atomic E-state index is 0.667. The molecule has 1 aliphatic rings. The van der Waals surface area contributed by atoms with Crippen LogP contribution in [0, 0.1) is 11.8 Å². The number of rotatable bonds is 7. The molecule has 0 bridgehead atoms. The summed E-state index contributed by atoms with van der Waals surface area (Å²) >= 11 is 0. The molecule has 1 saturated carbocycles. The topological polar surface area (TPSA) is 12.0 Å². The fourth-order valence-corrected chi connectivity index (χ4v) is 3.75. The second-order valence-electron chi connectivity index (χ2n) is 6.97. The summed E-state index contributed by atoms with van der Waals surface area (Å²) in [5, 5.41) is 3.84. The Labute approximate surface area is 131 Å². The molecule has 1 aromatic carbocycles. The van der Waals surface area contributed by atoms with Crippen LogP contribution in [0.1, 0.15) is 64.0 Å². The van der Waals surface area contributed by atoms with E-state index in [9.17, 15) is 0 Å². The molecule has 0 aliphatic heterocycles. The Balaban J connectivity index is 2.00. The Morgan fingerprint density at radius 1 is 1.10 bits per heavy atom. The van der Waals surface area contributed by atoms with E-state index < -0.39 is 0 Å². The molecule has 0 amide bonds. The summed E-state index contributed by atoms with van der Waals surface area (Å²) < 4.78 is 0. The molecule has 0 heterocycles. The van der Waals surface area contributed by atoms with Gasteiger partial charge >= 0.3 is 0 Å². The third-order valence-corrected chi connectivity index (χ3v) is 5.09. The van der Waals surface area contributed by atoms with E-state index in [0.29, 0.717) is 6.04 Å². The van der Waals surface area contributed by atoms with Gasteiger partial charge in [-0.3, -0.25) is 0 Å². The Morgan fingerprint density at radius 2 is 1.81 bits per heavy atom. The predicted molar refractivity (Wildman–Crippen MR) is 92.7 cm³/mol. The van der Waals surface area contributed by atoms with E-state index in [0.717, 1.165) is 24.8 Å². The van der Waals surface area contributed by atoms with Crippen molar-refractivity contribution in [3.63, 3.8) is 0 Å². The number of nitrogens with one attached hydrogen (secondary N) is 1. The summed E-state index contributed by atoms with van der Waals surface area (Å²) in [6.45, 7) is 8.08. The fraction of sp³-hybridized carbons (Fsp3) is 0.700. The van der Waals surface area contributed by atoms with Crippen LogP contribution >= 0.6 is 0 Å². The van der Waals surface area contributed by atoms with Crippen LogP contribution in [0.5, 0.6) is 0 Å². The average Bonchev–Trinajstić information content (AvgIpc) is 2.52. The van der Waals surface area contributed by atoms with Gasteiger partial charge in [0.2, 0.25) is 0 Å². The van der Waals surface area contributed by atoms with E-state index in [1.165, 1.54) is 49.7 Å². The smallest absolute Gasteiger partial charge is 0.0136 e. The third kappa shape index (κ3) is 5.14. The number of benzene rings is 1. The van der Waals surface area contributed by atoms with Crippen molar-refractivity contribution in [2.24, 2.45) is 11.8 Å². The van der Waals surface area contributed by atoms with E-state index in [-0.39, 0.29) is 0 Å². The quantitative estimate of drug-likeness (QED) is 0.745. The van der Waals surface area contributed by atoms with Gasteiger partial charge in [0.25, 0.3) is 0 Å². The predicted octanol–water partition coefficient (Wildman–Crippen LogP) is 4.99. The lowest BCUT2D eigenvalue weighted by Gasteiger charge is -2.34. The first-order chi connectivity index (χ1) is 10.2. The van der Waals surface area contributed by atoms with Crippen LogP contribution in [0.3, 0.4) is 0 Å². The van der Waals surface area contributed by atoms with Gasteiger partial charge in [0.15, 0.2) is 0 Å². The molecule has 0 spiro atoms. The van der Waals surface area contributed by atoms with Gasteiger partial charge in [-0.25, -0.2) is 0 Å². The fourth-order valence-electron chi connectivity index (χ4n) is 3.75. The molecule has 0 saturated heterocycles. The monoisotopic (exact) mass is 287 g/mol. The van der Waals surface area contributed by atoms with Crippen molar-refractivity contribution in [3.05, 3.63) is 35.4 Å². The van der Waals surface area contributed by atoms with Crippen LogP contribution in [0.25, 0.3) is 0 Å². The first-order valence-electron chi connectivity index (χ1n) is 9.04. The van der Waals surface area contributed by atoms with Gasteiger partial charge in [-0.1, -0.05) is 57.9 Å². The second kappa shape index (κ2) is 8.58. The molecule has 0 radical (unpaired) electrons. The Morgan fingerprint density at radius 3 is 2.43 bits per heavy atom. The first kappa shape index (κ1) is 16.5. The lowest BCUT2D eigenvalue weighted by Crippen LogP contribution is -2.40. The van der Waals surface area contributed by atoms with Crippen LogP contribution in [-0.2, 0) is 12.8 Å². The Hall–Kier alpha value is -0.820. The highest BCUT2D eigenvalue weighted by Gasteiger charge is 2.26. The highest BCUT2D eigenvalue weighted by molar-refractivity contribution is 5.23. The van der Waals surface area contributed by atoms with Crippen LogP contribution in [0.4, 0.5) is 0 Å². The van der Waals surface area contributed by atoms with E-state index in [4.69, 9.17) is 0 Å². The molecule has 0 aromatic heterocycles.